The molecule has 1 aromatic carbocycles. The zero-order valence-electron chi connectivity index (χ0n) is 15.1. The van der Waals surface area contributed by atoms with Gasteiger partial charge in [0.1, 0.15) is 5.82 Å². The third kappa shape index (κ3) is 3.00. The molecule has 1 aromatic rings. The number of fused-ring (bicyclic) bond motifs is 1. The lowest BCUT2D eigenvalue weighted by Crippen LogP contribution is -2.41. The number of hydrogen-bond acceptors (Lipinski definition) is 1. The van der Waals surface area contributed by atoms with Gasteiger partial charge >= 0.3 is 0 Å². The first kappa shape index (κ1) is 17.2. The Morgan fingerprint density at radius 1 is 1.21 bits per heavy atom. The van der Waals surface area contributed by atoms with E-state index in [1.54, 1.807) is 0 Å². The molecule has 0 heterocycles. The molecule has 24 heavy (non-hydrogen) atoms. The van der Waals surface area contributed by atoms with E-state index in [0.717, 1.165) is 31.2 Å². The van der Waals surface area contributed by atoms with Gasteiger partial charge in [-0.1, -0.05) is 42.4 Å². The van der Waals surface area contributed by atoms with E-state index in [1.165, 1.54) is 34.4 Å². The molecular formula is C22H27FO. The Kier molecular flexibility index (Phi) is 4.29. The van der Waals surface area contributed by atoms with Crippen LogP contribution < -0.4 is 0 Å². The average molecular weight is 326 g/mol. The molecule has 3 rings (SSSR count). The minimum absolute atomic E-state index is 0.180. The lowest BCUT2D eigenvalue weighted by atomic mass is 9.66. The minimum Gasteiger partial charge on any atom is -0.389 e. The van der Waals surface area contributed by atoms with Crippen molar-refractivity contribution in [1.29, 1.82) is 0 Å². The summed E-state index contributed by atoms with van der Waals surface area (Å²) in [5.74, 6) is -0.196. The Labute approximate surface area is 144 Å². The lowest BCUT2D eigenvalue weighted by Gasteiger charge is -2.41. The van der Waals surface area contributed by atoms with Gasteiger partial charge in [-0.25, -0.2) is 4.39 Å². The SMILES string of the molecule is CC(C)=CC1=C(Cc2ccc(F)cc2)C=C2CCC(C)(O)C2(C)C1. The van der Waals surface area contributed by atoms with Crippen LogP contribution in [-0.4, -0.2) is 10.7 Å². The van der Waals surface area contributed by atoms with Crippen molar-refractivity contribution < 1.29 is 9.50 Å². The van der Waals surface area contributed by atoms with Gasteiger partial charge in [-0.2, -0.15) is 0 Å². The molecule has 2 atom stereocenters. The Morgan fingerprint density at radius 3 is 2.50 bits per heavy atom. The first-order valence-electron chi connectivity index (χ1n) is 8.76. The Hall–Kier alpha value is -1.67. The van der Waals surface area contributed by atoms with E-state index >= 15 is 0 Å². The maximum Gasteiger partial charge on any atom is 0.123 e. The Morgan fingerprint density at radius 2 is 1.88 bits per heavy atom. The summed E-state index contributed by atoms with van der Waals surface area (Å²) in [5.41, 5.74) is 5.51. The molecule has 128 valence electrons. The van der Waals surface area contributed by atoms with E-state index in [1.807, 2.05) is 19.1 Å². The number of rotatable bonds is 3. The molecule has 1 saturated carbocycles. The van der Waals surface area contributed by atoms with Crippen LogP contribution in [0.15, 0.2) is 58.7 Å². The number of aliphatic hydroxyl groups is 1. The molecule has 1 N–H and O–H groups in total. The van der Waals surface area contributed by atoms with Crippen molar-refractivity contribution in [3.8, 4) is 0 Å². The molecule has 0 aliphatic heterocycles. The van der Waals surface area contributed by atoms with Crippen LogP contribution in [0.5, 0.6) is 0 Å². The van der Waals surface area contributed by atoms with Gasteiger partial charge in [0, 0.05) is 5.41 Å². The fraction of sp³-hybridized carbons (Fsp3) is 0.455. The zero-order valence-corrected chi connectivity index (χ0v) is 15.1. The number of halogens is 1. The highest BCUT2D eigenvalue weighted by Crippen LogP contribution is 2.56. The monoisotopic (exact) mass is 326 g/mol. The third-order valence-electron chi connectivity index (χ3n) is 5.85. The normalized spacial score (nSPS) is 29.3. The maximum atomic E-state index is 13.2. The molecule has 2 heteroatoms. The predicted molar refractivity (Wildman–Crippen MR) is 97.2 cm³/mol. The minimum atomic E-state index is -0.652. The van der Waals surface area contributed by atoms with Gasteiger partial charge < -0.3 is 5.11 Å². The largest absolute Gasteiger partial charge is 0.389 e. The molecule has 1 nitrogen and oxygen atoms in total. The summed E-state index contributed by atoms with van der Waals surface area (Å²) in [4.78, 5) is 0. The zero-order chi connectivity index (χ0) is 17.5. The van der Waals surface area contributed by atoms with Gasteiger partial charge in [-0.05, 0) is 75.3 Å². The van der Waals surface area contributed by atoms with Crippen molar-refractivity contribution in [1.82, 2.24) is 0 Å². The van der Waals surface area contributed by atoms with Crippen molar-refractivity contribution in [2.45, 2.75) is 59.0 Å². The maximum absolute atomic E-state index is 13.2. The van der Waals surface area contributed by atoms with Crippen molar-refractivity contribution in [3.63, 3.8) is 0 Å². The van der Waals surface area contributed by atoms with Crippen LogP contribution in [0, 0.1) is 11.2 Å². The van der Waals surface area contributed by atoms with E-state index < -0.39 is 5.60 Å². The van der Waals surface area contributed by atoms with E-state index in [-0.39, 0.29) is 11.2 Å². The second-order valence-electron chi connectivity index (χ2n) is 8.03. The molecule has 0 bridgehead atoms. The third-order valence-corrected chi connectivity index (χ3v) is 5.85. The molecule has 1 fully saturated rings. The van der Waals surface area contributed by atoms with Crippen molar-refractivity contribution in [2.24, 2.45) is 5.41 Å². The molecule has 0 radical (unpaired) electrons. The molecule has 2 unspecified atom stereocenters. The molecule has 0 amide bonds. The van der Waals surface area contributed by atoms with Gasteiger partial charge in [0.25, 0.3) is 0 Å². The van der Waals surface area contributed by atoms with Crippen molar-refractivity contribution >= 4 is 0 Å². The summed E-state index contributed by atoms with van der Waals surface area (Å²) < 4.78 is 13.2. The summed E-state index contributed by atoms with van der Waals surface area (Å²) in [7, 11) is 0. The molecule has 0 saturated heterocycles. The van der Waals surface area contributed by atoms with E-state index in [0.29, 0.717) is 0 Å². The number of allylic oxidation sites excluding steroid dienone is 5. The van der Waals surface area contributed by atoms with Crippen LogP contribution in [0.25, 0.3) is 0 Å². The standard InChI is InChI=1S/C22H27FO/c1-15(2)11-18-14-21(3)19(9-10-22(21,4)24)13-17(18)12-16-5-7-20(23)8-6-16/h5-8,11,13,24H,9-10,12,14H2,1-4H3. The van der Waals surface area contributed by atoms with Gasteiger partial charge in [0.15, 0.2) is 0 Å². The molecule has 2 aliphatic rings. The second-order valence-corrected chi connectivity index (χ2v) is 8.03. The first-order valence-corrected chi connectivity index (χ1v) is 8.76. The quantitative estimate of drug-likeness (QED) is 0.776. The molecular weight excluding hydrogens is 299 g/mol. The van der Waals surface area contributed by atoms with Gasteiger partial charge in [-0.15, -0.1) is 0 Å². The summed E-state index contributed by atoms with van der Waals surface area (Å²) in [6.07, 6.45) is 7.99. The van der Waals surface area contributed by atoms with Crippen LogP contribution in [0.4, 0.5) is 4.39 Å². The highest BCUT2D eigenvalue weighted by atomic mass is 19.1. The highest BCUT2D eigenvalue weighted by molar-refractivity contribution is 5.48. The van der Waals surface area contributed by atoms with Crippen LogP contribution >= 0.6 is 0 Å². The number of hydrogen-bond donors (Lipinski definition) is 1. The predicted octanol–water partition coefficient (Wildman–Crippen LogP) is 5.51. The van der Waals surface area contributed by atoms with Gasteiger partial charge in [-0.3, -0.25) is 0 Å². The van der Waals surface area contributed by atoms with E-state index in [4.69, 9.17) is 0 Å². The number of benzene rings is 1. The lowest BCUT2D eigenvalue weighted by molar-refractivity contribution is -0.0220. The molecule has 0 spiro atoms. The van der Waals surface area contributed by atoms with Crippen molar-refractivity contribution in [3.05, 3.63) is 70.1 Å². The Balaban J connectivity index is 2.01. The van der Waals surface area contributed by atoms with Gasteiger partial charge in [0.2, 0.25) is 0 Å². The second kappa shape index (κ2) is 6.00. The molecule has 2 aliphatic carbocycles. The topological polar surface area (TPSA) is 20.2 Å². The van der Waals surface area contributed by atoms with E-state index in [9.17, 15) is 9.50 Å². The van der Waals surface area contributed by atoms with Gasteiger partial charge in [0.05, 0.1) is 5.60 Å². The van der Waals surface area contributed by atoms with E-state index in [2.05, 4.69) is 32.9 Å². The highest BCUT2D eigenvalue weighted by Gasteiger charge is 2.51. The molecule has 0 aromatic heterocycles. The van der Waals surface area contributed by atoms with Crippen molar-refractivity contribution in [2.75, 3.05) is 0 Å². The Bertz CT molecular complexity index is 730. The fourth-order valence-corrected chi connectivity index (χ4v) is 4.09. The summed E-state index contributed by atoms with van der Waals surface area (Å²) in [6, 6.07) is 6.77. The first-order chi connectivity index (χ1) is 11.2. The van der Waals surface area contributed by atoms with Crippen LogP contribution in [-0.2, 0) is 6.42 Å². The summed E-state index contributed by atoms with van der Waals surface area (Å²) >= 11 is 0. The summed E-state index contributed by atoms with van der Waals surface area (Å²) in [5, 5.41) is 10.9. The van der Waals surface area contributed by atoms with Crippen LogP contribution in [0.2, 0.25) is 0 Å². The summed E-state index contributed by atoms with van der Waals surface area (Å²) in [6.45, 7) is 8.38. The fourth-order valence-electron chi connectivity index (χ4n) is 4.09. The average Bonchev–Trinajstić information content (AvgIpc) is 2.72. The smallest absolute Gasteiger partial charge is 0.123 e. The van der Waals surface area contributed by atoms with Crippen LogP contribution in [0.3, 0.4) is 0 Å². The van der Waals surface area contributed by atoms with Crippen LogP contribution in [0.1, 0.15) is 52.5 Å².